The van der Waals surface area contributed by atoms with E-state index in [-0.39, 0.29) is 12.5 Å². The number of fused-ring (bicyclic) bond motifs is 1. The molecule has 1 atom stereocenters. The molecule has 0 fully saturated rings. The number of hydrogen-bond donors (Lipinski definition) is 1. The number of amides is 1. The van der Waals surface area contributed by atoms with E-state index in [0.717, 1.165) is 38.9 Å². The maximum atomic E-state index is 13.8. The molecular formula is C22H28N2O3S. The van der Waals surface area contributed by atoms with E-state index in [1.807, 2.05) is 58.9 Å². The largest absolute Gasteiger partial charge is 0.358 e. The summed E-state index contributed by atoms with van der Waals surface area (Å²) in [7, 11) is -2.31. The highest BCUT2D eigenvalue weighted by molar-refractivity contribution is 7.89. The third-order valence-electron chi connectivity index (χ3n) is 6.25. The molecule has 0 aromatic heterocycles. The zero-order chi connectivity index (χ0) is 20.8. The van der Waals surface area contributed by atoms with Crippen LogP contribution < -0.4 is 5.32 Å². The number of nitrogens with zero attached hydrogens (tertiary/aromatic N) is 1. The summed E-state index contributed by atoms with van der Waals surface area (Å²) in [6.45, 7) is 9.84. The van der Waals surface area contributed by atoms with E-state index in [4.69, 9.17) is 0 Å². The molecule has 1 aliphatic heterocycles. The number of hydrogen-bond acceptors (Lipinski definition) is 3. The van der Waals surface area contributed by atoms with E-state index in [1.54, 1.807) is 7.05 Å². The maximum absolute atomic E-state index is 13.8. The molecule has 1 aliphatic rings. The van der Waals surface area contributed by atoms with Crippen LogP contribution in [0.1, 0.15) is 38.9 Å². The van der Waals surface area contributed by atoms with E-state index >= 15 is 0 Å². The first kappa shape index (κ1) is 20.6. The summed E-state index contributed by atoms with van der Waals surface area (Å²) in [5, 5.41) is 2.64. The van der Waals surface area contributed by atoms with Gasteiger partial charge in [0, 0.05) is 13.6 Å². The molecule has 0 spiro atoms. The molecule has 28 heavy (non-hydrogen) atoms. The number of rotatable bonds is 3. The lowest BCUT2D eigenvalue weighted by Crippen LogP contribution is -2.52. The van der Waals surface area contributed by atoms with Crippen LogP contribution in [0.5, 0.6) is 0 Å². The third-order valence-corrected chi connectivity index (χ3v) is 8.38. The Morgan fingerprint density at radius 1 is 0.929 bits per heavy atom. The minimum Gasteiger partial charge on any atom is -0.358 e. The van der Waals surface area contributed by atoms with Gasteiger partial charge in [0.15, 0.2) is 0 Å². The Balaban J connectivity index is 2.22. The summed E-state index contributed by atoms with van der Waals surface area (Å²) in [6, 6.07) is 6.96. The summed E-state index contributed by atoms with van der Waals surface area (Å²) in [4.78, 5) is 12.9. The molecule has 0 unspecified atom stereocenters. The number of carbonyl (C=O) groups excluding carboxylic acids is 1. The first-order valence-electron chi connectivity index (χ1n) is 9.48. The van der Waals surface area contributed by atoms with Crippen molar-refractivity contribution in [2.75, 3.05) is 7.05 Å². The molecule has 2 aromatic rings. The highest BCUT2D eigenvalue weighted by atomic mass is 32.2. The molecule has 2 aromatic carbocycles. The Morgan fingerprint density at radius 2 is 1.43 bits per heavy atom. The van der Waals surface area contributed by atoms with Crippen LogP contribution in [0.2, 0.25) is 0 Å². The van der Waals surface area contributed by atoms with Crippen LogP contribution in [0.3, 0.4) is 0 Å². The topological polar surface area (TPSA) is 66.5 Å². The fourth-order valence-electron chi connectivity index (χ4n) is 4.11. The van der Waals surface area contributed by atoms with Gasteiger partial charge >= 0.3 is 0 Å². The Bertz CT molecular complexity index is 1030. The minimum absolute atomic E-state index is 0.196. The average Bonchev–Trinajstić information content (AvgIpc) is 2.69. The summed E-state index contributed by atoms with van der Waals surface area (Å²) < 4.78 is 29.0. The molecular weight excluding hydrogens is 372 g/mol. The molecule has 0 aliphatic carbocycles. The Hall–Kier alpha value is -2.18. The Kier molecular flexibility index (Phi) is 5.38. The van der Waals surface area contributed by atoms with Gasteiger partial charge in [0.2, 0.25) is 15.9 Å². The lowest BCUT2D eigenvalue weighted by Gasteiger charge is -2.36. The first-order chi connectivity index (χ1) is 13.1. The fourth-order valence-corrected chi connectivity index (χ4v) is 6.24. The van der Waals surface area contributed by atoms with Gasteiger partial charge < -0.3 is 5.32 Å². The smallest absolute Gasteiger partial charge is 0.244 e. The molecule has 150 valence electrons. The molecule has 5 nitrogen and oxygen atoms in total. The minimum atomic E-state index is -3.86. The maximum Gasteiger partial charge on any atom is 0.244 e. The van der Waals surface area contributed by atoms with Gasteiger partial charge in [-0.3, -0.25) is 4.79 Å². The van der Waals surface area contributed by atoms with Gasteiger partial charge in [-0.05, 0) is 80.0 Å². The van der Waals surface area contributed by atoms with Crippen molar-refractivity contribution >= 4 is 15.9 Å². The summed E-state index contributed by atoms with van der Waals surface area (Å²) in [5.74, 6) is -0.283. The SMILES string of the molecule is CNC(=O)[C@@H]1Cc2ccccc2CN1S(=O)(=O)c1c(C)c(C)c(C)c(C)c1C. The van der Waals surface area contributed by atoms with Crippen molar-refractivity contribution in [3.63, 3.8) is 0 Å². The number of carbonyl (C=O) groups is 1. The number of likely N-dealkylation sites (N-methyl/N-ethyl adjacent to an activating group) is 1. The van der Waals surface area contributed by atoms with Crippen LogP contribution in [0.4, 0.5) is 0 Å². The second-order valence-corrected chi connectivity index (χ2v) is 9.43. The molecule has 0 saturated heterocycles. The van der Waals surface area contributed by atoms with Crippen molar-refractivity contribution in [1.82, 2.24) is 9.62 Å². The van der Waals surface area contributed by atoms with Gasteiger partial charge in [-0.15, -0.1) is 0 Å². The summed E-state index contributed by atoms with van der Waals surface area (Å²) in [6.07, 6.45) is 0.372. The van der Waals surface area contributed by atoms with Gasteiger partial charge in [-0.1, -0.05) is 24.3 Å². The molecule has 1 N–H and O–H groups in total. The van der Waals surface area contributed by atoms with Gasteiger partial charge in [0.05, 0.1) is 4.90 Å². The quantitative estimate of drug-likeness (QED) is 0.861. The van der Waals surface area contributed by atoms with Gasteiger partial charge in [0.25, 0.3) is 0 Å². The second-order valence-electron chi connectivity index (χ2n) is 7.61. The molecule has 3 rings (SSSR count). The molecule has 6 heteroatoms. The number of sulfonamides is 1. The lowest BCUT2D eigenvalue weighted by atomic mass is 9.95. The van der Waals surface area contributed by atoms with Crippen molar-refractivity contribution in [2.24, 2.45) is 0 Å². The predicted octanol–water partition coefficient (Wildman–Crippen LogP) is 3.09. The lowest BCUT2D eigenvalue weighted by molar-refractivity contribution is -0.124. The van der Waals surface area contributed by atoms with Gasteiger partial charge in [-0.25, -0.2) is 8.42 Å². The average molecular weight is 401 g/mol. The first-order valence-corrected chi connectivity index (χ1v) is 10.9. The predicted molar refractivity (Wildman–Crippen MR) is 111 cm³/mol. The standard InChI is InChI=1S/C22H28N2O3S/c1-13-14(2)16(4)21(17(5)15(13)3)28(26,27)24-12-19-10-8-7-9-18(19)11-20(24)22(25)23-6/h7-10,20H,11-12H2,1-6H3,(H,23,25)/t20-/m0/s1. The summed E-state index contributed by atoms with van der Waals surface area (Å²) in [5.41, 5.74) is 6.56. The van der Waals surface area contributed by atoms with Crippen molar-refractivity contribution in [3.8, 4) is 0 Å². The molecule has 1 amide bonds. The van der Waals surface area contributed by atoms with Crippen molar-refractivity contribution in [2.45, 2.75) is 58.5 Å². The number of nitrogens with one attached hydrogen (secondary N) is 1. The van der Waals surface area contributed by atoms with Crippen LogP contribution in [0.15, 0.2) is 29.2 Å². The number of benzene rings is 2. The van der Waals surface area contributed by atoms with Crippen LogP contribution in [-0.4, -0.2) is 31.7 Å². The zero-order valence-electron chi connectivity index (χ0n) is 17.4. The highest BCUT2D eigenvalue weighted by Crippen LogP contribution is 2.35. The Morgan fingerprint density at radius 3 is 1.96 bits per heavy atom. The van der Waals surface area contributed by atoms with Crippen LogP contribution in [0, 0.1) is 34.6 Å². The van der Waals surface area contributed by atoms with Crippen LogP contribution >= 0.6 is 0 Å². The van der Waals surface area contributed by atoms with Gasteiger partial charge in [0.1, 0.15) is 6.04 Å². The highest BCUT2D eigenvalue weighted by Gasteiger charge is 2.40. The second kappa shape index (κ2) is 7.33. The molecule has 1 heterocycles. The van der Waals surface area contributed by atoms with Crippen molar-refractivity contribution in [3.05, 3.63) is 63.2 Å². The molecule has 0 saturated carbocycles. The zero-order valence-corrected chi connectivity index (χ0v) is 18.2. The molecule has 0 radical (unpaired) electrons. The monoisotopic (exact) mass is 400 g/mol. The van der Waals surface area contributed by atoms with E-state index in [2.05, 4.69) is 5.32 Å². The van der Waals surface area contributed by atoms with Crippen molar-refractivity contribution in [1.29, 1.82) is 0 Å². The Labute approximate surface area is 167 Å². The van der Waals surface area contributed by atoms with E-state index < -0.39 is 16.1 Å². The van der Waals surface area contributed by atoms with Gasteiger partial charge in [-0.2, -0.15) is 4.31 Å². The van der Waals surface area contributed by atoms with E-state index in [9.17, 15) is 13.2 Å². The molecule has 0 bridgehead atoms. The normalized spacial score (nSPS) is 17.3. The van der Waals surface area contributed by atoms with E-state index in [0.29, 0.717) is 11.3 Å². The van der Waals surface area contributed by atoms with E-state index in [1.165, 1.54) is 4.31 Å². The summed E-state index contributed by atoms with van der Waals surface area (Å²) >= 11 is 0. The third kappa shape index (κ3) is 3.14. The fraction of sp³-hybridized carbons (Fsp3) is 0.409. The van der Waals surface area contributed by atoms with Crippen molar-refractivity contribution < 1.29 is 13.2 Å². The van der Waals surface area contributed by atoms with Crippen LogP contribution in [-0.2, 0) is 27.8 Å². The van der Waals surface area contributed by atoms with Crippen LogP contribution in [0.25, 0.3) is 0 Å².